The minimum atomic E-state index is -0.453. The van der Waals surface area contributed by atoms with E-state index in [9.17, 15) is 19.7 Å². The topological polar surface area (TPSA) is 92.6 Å². The van der Waals surface area contributed by atoms with E-state index in [1.165, 1.54) is 18.2 Å². The highest BCUT2D eigenvalue weighted by Gasteiger charge is 2.27. The van der Waals surface area contributed by atoms with Crippen LogP contribution in [0.4, 0.5) is 5.69 Å². The zero-order chi connectivity index (χ0) is 17.7. The summed E-state index contributed by atoms with van der Waals surface area (Å²) in [7, 11) is 0. The quantitative estimate of drug-likeness (QED) is 0.508. The van der Waals surface area contributed by atoms with Gasteiger partial charge in [0.1, 0.15) is 0 Å². The van der Waals surface area contributed by atoms with E-state index in [4.69, 9.17) is 0 Å². The van der Waals surface area contributed by atoms with Crippen LogP contribution in [0.15, 0.2) is 36.9 Å². The third-order valence-electron chi connectivity index (χ3n) is 4.31. The molecule has 2 rings (SSSR count). The van der Waals surface area contributed by atoms with Crippen LogP contribution in [0, 0.1) is 16.0 Å². The Morgan fingerprint density at radius 2 is 1.92 bits per heavy atom. The van der Waals surface area contributed by atoms with Gasteiger partial charge in [0.2, 0.25) is 11.8 Å². The molecule has 0 spiro atoms. The number of nitrogens with zero attached hydrogens (tertiary/aromatic N) is 2. The third-order valence-corrected chi connectivity index (χ3v) is 4.31. The highest BCUT2D eigenvalue weighted by atomic mass is 16.6. The zero-order valence-electron chi connectivity index (χ0n) is 13.6. The van der Waals surface area contributed by atoms with E-state index in [-0.39, 0.29) is 29.5 Å². The fourth-order valence-electron chi connectivity index (χ4n) is 2.79. The van der Waals surface area contributed by atoms with Crippen molar-refractivity contribution < 1.29 is 14.5 Å². The maximum atomic E-state index is 12.4. The van der Waals surface area contributed by atoms with Crippen LogP contribution in [0.1, 0.15) is 31.4 Å². The lowest BCUT2D eigenvalue weighted by Crippen LogP contribution is -2.42. The highest BCUT2D eigenvalue weighted by molar-refractivity contribution is 5.87. The molecule has 24 heavy (non-hydrogen) atoms. The predicted molar refractivity (Wildman–Crippen MR) is 89.2 cm³/mol. The average Bonchev–Trinajstić information content (AvgIpc) is 2.61. The first kappa shape index (κ1) is 17.7. The summed E-state index contributed by atoms with van der Waals surface area (Å²) in [4.78, 5) is 35.8. The van der Waals surface area contributed by atoms with Gasteiger partial charge in [-0.3, -0.25) is 19.7 Å². The van der Waals surface area contributed by atoms with Crippen molar-refractivity contribution in [2.24, 2.45) is 5.92 Å². The van der Waals surface area contributed by atoms with E-state index in [1.54, 1.807) is 17.0 Å². The number of piperidine rings is 1. The lowest BCUT2D eigenvalue weighted by Gasteiger charge is -2.31. The van der Waals surface area contributed by atoms with E-state index < -0.39 is 4.92 Å². The van der Waals surface area contributed by atoms with Crippen molar-refractivity contribution in [1.82, 2.24) is 10.2 Å². The van der Waals surface area contributed by atoms with Crippen LogP contribution in [0.25, 0.3) is 0 Å². The van der Waals surface area contributed by atoms with Crippen LogP contribution in [-0.4, -0.2) is 34.7 Å². The Bertz CT molecular complexity index is 634. The molecule has 1 aromatic rings. The van der Waals surface area contributed by atoms with Gasteiger partial charge in [-0.1, -0.05) is 18.7 Å². The van der Waals surface area contributed by atoms with Crippen LogP contribution in [0.3, 0.4) is 0 Å². The van der Waals surface area contributed by atoms with Gasteiger partial charge in [-0.05, 0) is 31.4 Å². The number of nitrogens with one attached hydrogen (secondary N) is 1. The molecular weight excluding hydrogens is 310 g/mol. The molecule has 0 aliphatic carbocycles. The summed E-state index contributed by atoms with van der Waals surface area (Å²) in [6.07, 6.45) is 2.54. The summed E-state index contributed by atoms with van der Waals surface area (Å²) in [5.74, 6) is -0.279. The molecule has 1 heterocycles. The summed E-state index contributed by atoms with van der Waals surface area (Å²) >= 11 is 0. The number of benzene rings is 1. The number of carbonyl (C=O) groups is 2. The Kier molecular flexibility index (Phi) is 5.68. The van der Waals surface area contributed by atoms with E-state index in [0.29, 0.717) is 25.9 Å². The molecule has 0 saturated carbocycles. The van der Waals surface area contributed by atoms with Gasteiger partial charge < -0.3 is 10.2 Å². The van der Waals surface area contributed by atoms with Crippen molar-refractivity contribution in [2.75, 3.05) is 13.1 Å². The summed E-state index contributed by atoms with van der Waals surface area (Å²) < 4.78 is 0. The van der Waals surface area contributed by atoms with Gasteiger partial charge in [0.15, 0.2) is 0 Å². The summed E-state index contributed by atoms with van der Waals surface area (Å²) in [5.41, 5.74) is 0.838. The fourth-order valence-corrected chi connectivity index (χ4v) is 2.79. The van der Waals surface area contributed by atoms with Crippen molar-refractivity contribution in [3.63, 3.8) is 0 Å². The highest BCUT2D eigenvalue weighted by Crippen LogP contribution is 2.21. The smallest absolute Gasteiger partial charge is 0.269 e. The Labute approximate surface area is 140 Å². The molecule has 1 aliphatic rings. The lowest BCUT2D eigenvalue weighted by molar-refractivity contribution is -0.384. The summed E-state index contributed by atoms with van der Waals surface area (Å²) in [6, 6.07) is 5.92. The van der Waals surface area contributed by atoms with Crippen molar-refractivity contribution in [3.05, 3.63) is 52.6 Å². The fraction of sp³-hybridized carbons (Fsp3) is 0.412. The number of amides is 2. The standard InChI is InChI=1S/C17H21N3O4/c1-3-16(21)19-10-8-14(9-11-19)17(22)18-12(2)13-4-6-15(7-5-13)20(23)24/h3-7,12,14H,1,8-11H2,2H3,(H,18,22)/t12-/m1/s1. The van der Waals surface area contributed by atoms with Crippen LogP contribution in [0.2, 0.25) is 0 Å². The number of hydrogen-bond donors (Lipinski definition) is 1. The molecular formula is C17H21N3O4. The summed E-state index contributed by atoms with van der Waals surface area (Å²) in [6.45, 7) is 6.41. The molecule has 0 bridgehead atoms. The number of carbonyl (C=O) groups excluding carboxylic acids is 2. The number of rotatable bonds is 5. The first-order valence-electron chi connectivity index (χ1n) is 7.88. The Morgan fingerprint density at radius 3 is 2.42 bits per heavy atom. The third kappa shape index (κ3) is 4.18. The molecule has 1 aliphatic heterocycles. The molecule has 128 valence electrons. The van der Waals surface area contributed by atoms with Gasteiger partial charge in [-0.2, -0.15) is 0 Å². The van der Waals surface area contributed by atoms with Gasteiger partial charge in [0.25, 0.3) is 5.69 Å². The molecule has 7 nitrogen and oxygen atoms in total. The minimum absolute atomic E-state index is 0.0246. The van der Waals surface area contributed by atoms with Crippen LogP contribution >= 0.6 is 0 Å². The van der Waals surface area contributed by atoms with Gasteiger partial charge in [-0.25, -0.2) is 0 Å². The minimum Gasteiger partial charge on any atom is -0.349 e. The molecule has 1 aromatic carbocycles. The first-order valence-corrected chi connectivity index (χ1v) is 7.88. The molecule has 1 atom stereocenters. The number of nitro groups is 1. The Hall–Kier alpha value is -2.70. The van der Waals surface area contributed by atoms with Crippen LogP contribution in [0.5, 0.6) is 0 Å². The van der Waals surface area contributed by atoms with Gasteiger partial charge >= 0.3 is 0 Å². The SMILES string of the molecule is C=CC(=O)N1CCC(C(=O)N[C@H](C)c2ccc([N+](=O)[O-])cc2)CC1. The molecule has 0 radical (unpaired) electrons. The second-order valence-electron chi connectivity index (χ2n) is 5.88. The van der Waals surface area contributed by atoms with E-state index in [0.717, 1.165) is 5.56 Å². The molecule has 1 fully saturated rings. The molecule has 0 unspecified atom stereocenters. The maximum Gasteiger partial charge on any atom is 0.269 e. The van der Waals surface area contributed by atoms with E-state index >= 15 is 0 Å². The molecule has 0 aromatic heterocycles. The van der Waals surface area contributed by atoms with Crippen molar-refractivity contribution in [3.8, 4) is 0 Å². The number of nitro benzene ring substituents is 1. The predicted octanol–water partition coefficient (Wildman–Crippen LogP) is 2.20. The van der Waals surface area contributed by atoms with Gasteiger partial charge in [0.05, 0.1) is 11.0 Å². The van der Waals surface area contributed by atoms with Gasteiger partial charge in [-0.15, -0.1) is 0 Å². The number of non-ortho nitro benzene ring substituents is 1. The Balaban J connectivity index is 1.89. The number of hydrogen-bond acceptors (Lipinski definition) is 4. The number of likely N-dealkylation sites (tertiary alicyclic amines) is 1. The van der Waals surface area contributed by atoms with E-state index in [2.05, 4.69) is 11.9 Å². The first-order chi connectivity index (χ1) is 11.4. The average molecular weight is 331 g/mol. The second kappa shape index (κ2) is 7.72. The molecule has 7 heteroatoms. The van der Waals surface area contributed by atoms with Crippen LogP contribution < -0.4 is 5.32 Å². The second-order valence-corrected chi connectivity index (χ2v) is 5.88. The van der Waals surface area contributed by atoms with Crippen molar-refractivity contribution in [1.29, 1.82) is 0 Å². The monoisotopic (exact) mass is 331 g/mol. The normalized spacial score (nSPS) is 16.3. The van der Waals surface area contributed by atoms with Gasteiger partial charge in [0, 0.05) is 31.1 Å². The van der Waals surface area contributed by atoms with Crippen LogP contribution in [-0.2, 0) is 9.59 Å². The zero-order valence-corrected chi connectivity index (χ0v) is 13.6. The largest absolute Gasteiger partial charge is 0.349 e. The Morgan fingerprint density at radius 1 is 1.33 bits per heavy atom. The molecule has 1 N–H and O–H groups in total. The molecule has 2 amide bonds. The van der Waals surface area contributed by atoms with Crippen molar-refractivity contribution >= 4 is 17.5 Å². The maximum absolute atomic E-state index is 12.4. The van der Waals surface area contributed by atoms with Crippen molar-refractivity contribution in [2.45, 2.75) is 25.8 Å². The molecule has 1 saturated heterocycles. The lowest BCUT2D eigenvalue weighted by atomic mass is 9.95. The van der Waals surface area contributed by atoms with E-state index in [1.807, 2.05) is 6.92 Å². The summed E-state index contributed by atoms with van der Waals surface area (Å²) in [5, 5.41) is 13.6.